The van der Waals surface area contributed by atoms with E-state index in [0.29, 0.717) is 37.9 Å². The molecule has 4 rings (SSSR count). The predicted molar refractivity (Wildman–Crippen MR) is 106 cm³/mol. The Balaban J connectivity index is 1.52. The summed E-state index contributed by atoms with van der Waals surface area (Å²) in [5, 5.41) is 3.79. The molecule has 0 aliphatic carbocycles. The van der Waals surface area contributed by atoms with Gasteiger partial charge in [0.2, 0.25) is 25.9 Å². The Bertz CT molecular complexity index is 1090. The van der Waals surface area contributed by atoms with Gasteiger partial charge in [-0.15, -0.1) is 0 Å². The van der Waals surface area contributed by atoms with E-state index in [4.69, 9.17) is 9.26 Å². The Kier molecular flexibility index (Phi) is 5.95. The average Bonchev–Trinajstić information content (AvgIpc) is 3.21. The number of nitrogens with zero attached hydrogens (tertiary/aromatic N) is 4. The molecule has 0 bridgehead atoms. The summed E-state index contributed by atoms with van der Waals surface area (Å²) in [5.41, 5.74) is 0. The van der Waals surface area contributed by atoms with Crippen LogP contribution in [0.4, 0.5) is 0 Å². The van der Waals surface area contributed by atoms with Crippen molar-refractivity contribution in [3.05, 3.63) is 36.0 Å². The third-order valence-corrected chi connectivity index (χ3v) is 9.14. The first-order valence-electron chi connectivity index (χ1n) is 9.77. The second-order valence-corrected chi connectivity index (χ2v) is 11.2. The van der Waals surface area contributed by atoms with Gasteiger partial charge in [-0.2, -0.15) is 13.6 Å². The van der Waals surface area contributed by atoms with Crippen LogP contribution in [0.2, 0.25) is 0 Å². The van der Waals surface area contributed by atoms with Crippen molar-refractivity contribution in [2.75, 3.05) is 39.4 Å². The van der Waals surface area contributed by atoms with Crippen molar-refractivity contribution in [3.63, 3.8) is 0 Å². The van der Waals surface area contributed by atoms with E-state index < -0.39 is 20.0 Å². The van der Waals surface area contributed by atoms with Crippen molar-refractivity contribution in [2.24, 2.45) is 0 Å². The zero-order valence-corrected chi connectivity index (χ0v) is 18.2. The van der Waals surface area contributed by atoms with Gasteiger partial charge < -0.3 is 9.26 Å². The van der Waals surface area contributed by atoms with Crippen molar-refractivity contribution < 1.29 is 26.1 Å². The summed E-state index contributed by atoms with van der Waals surface area (Å²) in [4.78, 5) is 4.36. The van der Waals surface area contributed by atoms with Gasteiger partial charge in [0.05, 0.1) is 28.9 Å². The van der Waals surface area contributed by atoms with Crippen LogP contribution < -0.4 is 0 Å². The summed E-state index contributed by atoms with van der Waals surface area (Å²) < 4.78 is 64.9. The SMILES string of the molecule is Cc1noc(C2CCCN(S(=O)(=O)c3ccc(S(=O)(=O)N4CCOCC4)cc3)C2)n1. The second-order valence-electron chi connectivity index (χ2n) is 7.37. The first-order valence-corrected chi connectivity index (χ1v) is 12.6. The molecule has 2 saturated heterocycles. The number of hydrogen-bond acceptors (Lipinski definition) is 8. The summed E-state index contributed by atoms with van der Waals surface area (Å²) >= 11 is 0. The molecule has 3 heterocycles. The zero-order chi connectivity index (χ0) is 21.4. The normalized spacial score (nSPS) is 22.2. The number of benzene rings is 1. The molecular formula is C18H24N4O6S2. The van der Waals surface area contributed by atoms with Crippen LogP contribution in [0, 0.1) is 6.92 Å². The van der Waals surface area contributed by atoms with Gasteiger partial charge in [-0.25, -0.2) is 16.8 Å². The Morgan fingerprint density at radius 1 is 0.933 bits per heavy atom. The summed E-state index contributed by atoms with van der Waals surface area (Å²) in [6, 6.07) is 5.40. The first kappa shape index (κ1) is 21.4. The molecule has 1 unspecified atom stereocenters. The van der Waals surface area contributed by atoms with Crippen LogP contribution in [0.25, 0.3) is 0 Å². The molecule has 0 spiro atoms. The van der Waals surface area contributed by atoms with Crippen molar-refractivity contribution in [2.45, 2.75) is 35.5 Å². The highest BCUT2D eigenvalue weighted by molar-refractivity contribution is 7.89. The Hall–Kier alpha value is -1.86. The van der Waals surface area contributed by atoms with Crippen molar-refractivity contribution in [3.8, 4) is 0 Å². The summed E-state index contributed by atoms with van der Waals surface area (Å²) in [6.45, 7) is 3.62. The number of ether oxygens (including phenoxy) is 1. The summed E-state index contributed by atoms with van der Waals surface area (Å²) in [5.74, 6) is 0.803. The van der Waals surface area contributed by atoms with Gasteiger partial charge in [-0.05, 0) is 44.0 Å². The number of aryl methyl sites for hydroxylation is 1. The molecule has 2 aromatic rings. The maximum atomic E-state index is 13.1. The molecule has 1 aromatic heterocycles. The Morgan fingerprint density at radius 3 is 2.10 bits per heavy atom. The standard InChI is InChI=1S/C18H24N4O6S2/c1-14-19-18(28-20-14)15-3-2-8-22(13-15)30(25,26)17-6-4-16(5-7-17)29(23,24)21-9-11-27-12-10-21/h4-7,15H,2-3,8-13H2,1H3. The van der Waals surface area contributed by atoms with Crippen molar-refractivity contribution in [1.29, 1.82) is 0 Å². The first-order chi connectivity index (χ1) is 14.3. The molecule has 2 aliphatic heterocycles. The topological polar surface area (TPSA) is 123 Å². The van der Waals surface area contributed by atoms with E-state index in [-0.39, 0.29) is 35.3 Å². The maximum absolute atomic E-state index is 13.1. The number of hydrogen-bond donors (Lipinski definition) is 0. The lowest BCUT2D eigenvalue weighted by molar-refractivity contribution is 0.0730. The molecule has 0 saturated carbocycles. The smallest absolute Gasteiger partial charge is 0.243 e. The van der Waals surface area contributed by atoms with Gasteiger partial charge >= 0.3 is 0 Å². The van der Waals surface area contributed by atoms with Crippen molar-refractivity contribution >= 4 is 20.0 Å². The van der Waals surface area contributed by atoms with Crippen LogP contribution >= 0.6 is 0 Å². The van der Waals surface area contributed by atoms with Gasteiger partial charge in [-0.3, -0.25) is 0 Å². The fourth-order valence-corrected chi connectivity index (χ4v) is 6.64. The number of morpholine rings is 1. The third kappa shape index (κ3) is 4.14. The average molecular weight is 457 g/mol. The Morgan fingerprint density at radius 2 is 1.53 bits per heavy atom. The van der Waals surface area contributed by atoms with Gasteiger partial charge in [0.25, 0.3) is 0 Å². The lowest BCUT2D eigenvalue weighted by Crippen LogP contribution is -2.40. The molecule has 12 heteroatoms. The zero-order valence-electron chi connectivity index (χ0n) is 16.6. The fourth-order valence-electron chi connectivity index (χ4n) is 3.71. The second kappa shape index (κ2) is 8.35. The van der Waals surface area contributed by atoms with E-state index in [0.717, 1.165) is 6.42 Å². The minimum atomic E-state index is -3.77. The van der Waals surface area contributed by atoms with Gasteiger partial charge in [0, 0.05) is 26.2 Å². The number of sulfonamides is 2. The predicted octanol–water partition coefficient (Wildman–Crippen LogP) is 0.967. The van der Waals surface area contributed by atoms with E-state index in [1.54, 1.807) is 6.92 Å². The van der Waals surface area contributed by atoms with Gasteiger partial charge in [0.1, 0.15) is 0 Å². The number of piperidine rings is 1. The quantitative estimate of drug-likeness (QED) is 0.652. The minimum absolute atomic E-state index is 0.0609. The molecule has 1 atom stereocenters. The molecule has 2 aliphatic rings. The molecule has 0 radical (unpaired) electrons. The molecule has 0 N–H and O–H groups in total. The monoisotopic (exact) mass is 456 g/mol. The van der Waals surface area contributed by atoms with E-state index in [2.05, 4.69) is 10.1 Å². The van der Waals surface area contributed by atoms with Crippen LogP contribution in [0.3, 0.4) is 0 Å². The molecule has 2 fully saturated rings. The molecule has 164 valence electrons. The largest absolute Gasteiger partial charge is 0.379 e. The molecule has 10 nitrogen and oxygen atoms in total. The number of aromatic nitrogens is 2. The molecule has 30 heavy (non-hydrogen) atoms. The molecular weight excluding hydrogens is 432 g/mol. The lowest BCUT2D eigenvalue weighted by Gasteiger charge is -2.30. The highest BCUT2D eigenvalue weighted by Crippen LogP contribution is 2.30. The number of rotatable bonds is 5. The fraction of sp³-hybridized carbons (Fsp3) is 0.556. The maximum Gasteiger partial charge on any atom is 0.243 e. The van der Waals surface area contributed by atoms with Crippen LogP contribution in [-0.2, 0) is 24.8 Å². The summed E-state index contributed by atoms with van der Waals surface area (Å²) in [6.07, 6.45) is 1.44. The minimum Gasteiger partial charge on any atom is -0.379 e. The highest BCUT2D eigenvalue weighted by Gasteiger charge is 2.34. The van der Waals surface area contributed by atoms with Crippen LogP contribution in [-0.4, -0.2) is 75.0 Å². The van der Waals surface area contributed by atoms with Gasteiger partial charge in [0.15, 0.2) is 5.82 Å². The van der Waals surface area contributed by atoms with E-state index in [9.17, 15) is 16.8 Å². The summed E-state index contributed by atoms with van der Waals surface area (Å²) in [7, 11) is -7.44. The van der Waals surface area contributed by atoms with Crippen LogP contribution in [0.1, 0.15) is 30.5 Å². The van der Waals surface area contributed by atoms with Gasteiger partial charge in [-0.1, -0.05) is 5.16 Å². The van der Waals surface area contributed by atoms with E-state index in [1.807, 2.05) is 0 Å². The van der Waals surface area contributed by atoms with Crippen LogP contribution in [0.15, 0.2) is 38.6 Å². The van der Waals surface area contributed by atoms with E-state index in [1.165, 1.54) is 32.9 Å². The lowest BCUT2D eigenvalue weighted by atomic mass is 10.00. The van der Waals surface area contributed by atoms with Crippen molar-refractivity contribution in [1.82, 2.24) is 18.8 Å². The molecule has 1 aromatic carbocycles. The van der Waals surface area contributed by atoms with Crippen LogP contribution in [0.5, 0.6) is 0 Å². The molecule has 0 amide bonds. The highest BCUT2D eigenvalue weighted by atomic mass is 32.2. The Labute approximate surface area is 175 Å². The third-order valence-electron chi connectivity index (χ3n) is 5.35. The van der Waals surface area contributed by atoms with E-state index >= 15 is 0 Å².